The fraction of sp³-hybridized carbons (Fsp3) is 0.219. The number of nitrogens with zero attached hydrogens (tertiary/aromatic N) is 2. The third-order valence-electron chi connectivity index (χ3n) is 8.61. The first kappa shape index (κ1) is 30.1. The number of aryl methyl sites for hydroxylation is 1. The van der Waals surface area contributed by atoms with Crippen molar-refractivity contribution in [1.82, 2.24) is 15.4 Å². The second kappa shape index (κ2) is 11.0. The van der Waals surface area contributed by atoms with Crippen LogP contribution < -0.4 is 24.6 Å². The molecule has 5 amide bonds. The van der Waals surface area contributed by atoms with Gasteiger partial charge in [0.15, 0.2) is 5.82 Å². The van der Waals surface area contributed by atoms with Crippen LogP contribution in [-0.4, -0.2) is 62.2 Å². The van der Waals surface area contributed by atoms with Crippen LogP contribution in [0.25, 0.3) is 21.5 Å². The van der Waals surface area contributed by atoms with E-state index >= 15 is 4.39 Å². The smallest absolute Gasteiger partial charge is 0.326 e. The lowest BCUT2D eigenvalue weighted by molar-refractivity contribution is -0.134. The molecule has 3 heterocycles. The molecule has 7 rings (SSSR count). The lowest BCUT2D eigenvalue weighted by Gasteiger charge is -2.30. The molecule has 1 atom stereocenters. The number of anilines is 2. The van der Waals surface area contributed by atoms with E-state index in [9.17, 15) is 37.5 Å². The predicted molar refractivity (Wildman–Crippen MR) is 168 cm³/mol. The maximum Gasteiger partial charge on any atom is 0.326 e. The van der Waals surface area contributed by atoms with Crippen molar-refractivity contribution in [1.29, 1.82) is 0 Å². The number of benzene rings is 4. The molecule has 4 aromatic rings. The lowest BCUT2D eigenvalue weighted by Crippen LogP contribution is -2.53. The molecule has 3 aliphatic rings. The largest absolute Gasteiger partial charge is 0.506 e. The van der Waals surface area contributed by atoms with E-state index in [0.29, 0.717) is 28.4 Å². The van der Waals surface area contributed by atoms with Crippen molar-refractivity contribution in [3.63, 3.8) is 0 Å². The molecule has 3 aliphatic heterocycles. The Morgan fingerprint density at radius 2 is 1.83 bits per heavy atom. The second-order valence-electron chi connectivity index (χ2n) is 11.5. The van der Waals surface area contributed by atoms with Gasteiger partial charge < -0.3 is 10.4 Å². The summed E-state index contributed by atoms with van der Waals surface area (Å²) in [7, 11) is -4.36. The number of nitrogens with one attached hydrogen (secondary N) is 3. The molecule has 1 unspecified atom stereocenters. The number of piperidine rings is 1. The van der Waals surface area contributed by atoms with Crippen molar-refractivity contribution < 1.29 is 41.9 Å². The Morgan fingerprint density at radius 3 is 2.57 bits per heavy atom. The standard InChI is InChI=1S/C32H26FN5O8S/c33-28-20-8-6-17(13-18(20)14-24(39)29(28)37-15-26(41)36-47(37,45)46)30(42)34-12-2-3-16-7-9-22-27-19(16)4-1-5-21(27)32(44)38(22)23-10-11-25(40)35-31(23)43/h1,4-9,13-14,23,39H,2-3,10-12,15H2,(H,34,42)(H,36,41)(H,35,40,43). The van der Waals surface area contributed by atoms with E-state index in [1.807, 2.05) is 12.1 Å². The fourth-order valence-corrected chi connectivity index (χ4v) is 7.63. The van der Waals surface area contributed by atoms with Crippen LogP contribution in [0.15, 0.2) is 54.6 Å². The molecular formula is C32H26FN5O8S. The normalized spacial score (nSPS) is 18.6. The number of halogens is 1. The number of phenols is 1. The molecule has 2 saturated heterocycles. The van der Waals surface area contributed by atoms with Crippen LogP contribution in [0, 0.1) is 5.82 Å². The van der Waals surface area contributed by atoms with Gasteiger partial charge in [0.05, 0.1) is 5.69 Å². The number of rotatable bonds is 7. The summed E-state index contributed by atoms with van der Waals surface area (Å²) in [5, 5.41) is 17.3. The molecule has 4 N–H and O–H groups in total. The van der Waals surface area contributed by atoms with E-state index in [-0.39, 0.29) is 47.5 Å². The number of phenolic OH excluding ortho intramolecular Hbond substituents is 1. The first-order valence-electron chi connectivity index (χ1n) is 14.7. The van der Waals surface area contributed by atoms with Crippen LogP contribution in [0.3, 0.4) is 0 Å². The summed E-state index contributed by atoms with van der Waals surface area (Å²) in [5.74, 6) is -4.23. The summed E-state index contributed by atoms with van der Waals surface area (Å²) in [6.45, 7) is -0.396. The molecule has 0 aromatic heterocycles. The highest BCUT2D eigenvalue weighted by molar-refractivity contribution is 7.92. The Bertz CT molecular complexity index is 2210. The van der Waals surface area contributed by atoms with E-state index < -0.39 is 57.8 Å². The van der Waals surface area contributed by atoms with Crippen LogP contribution >= 0.6 is 0 Å². The summed E-state index contributed by atoms with van der Waals surface area (Å²) in [5.41, 5.74) is 1.57. The Hall–Kier alpha value is -5.57. The van der Waals surface area contributed by atoms with Gasteiger partial charge in [-0.2, -0.15) is 8.42 Å². The molecule has 0 bridgehead atoms. The molecule has 2 fully saturated rings. The molecule has 15 heteroatoms. The summed E-state index contributed by atoms with van der Waals surface area (Å²) >= 11 is 0. The number of fused-ring (bicyclic) bond motifs is 1. The SMILES string of the molecule is O=C1CCC(N2C(=O)c3cccc4c(CCCNC(=O)c5ccc6c(F)c(N7CC(=O)NS7(=O)=O)c(O)cc6c5)ccc2c34)C(=O)N1. The first-order valence-corrected chi connectivity index (χ1v) is 16.2. The van der Waals surface area contributed by atoms with E-state index in [2.05, 4.69) is 10.6 Å². The van der Waals surface area contributed by atoms with Gasteiger partial charge in [-0.05, 0) is 65.9 Å². The number of aromatic hydroxyl groups is 1. The molecule has 47 heavy (non-hydrogen) atoms. The highest BCUT2D eigenvalue weighted by Gasteiger charge is 2.41. The van der Waals surface area contributed by atoms with E-state index in [1.54, 1.807) is 22.9 Å². The van der Waals surface area contributed by atoms with Gasteiger partial charge in [-0.1, -0.05) is 24.3 Å². The minimum atomic E-state index is -4.36. The van der Waals surface area contributed by atoms with Gasteiger partial charge in [0, 0.05) is 34.9 Å². The van der Waals surface area contributed by atoms with E-state index in [0.717, 1.165) is 22.4 Å². The Kier molecular flexibility index (Phi) is 7.08. The molecule has 0 saturated carbocycles. The number of amides is 5. The zero-order chi connectivity index (χ0) is 33.2. The summed E-state index contributed by atoms with van der Waals surface area (Å²) in [6, 6.07) is 13.5. The Balaban J connectivity index is 1.04. The fourth-order valence-electron chi connectivity index (χ4n) is 6.47. The average molecular weight is 660 g/mol. The minimum absolute atomic E-state index is 0.0504. The minimum Gasteiger partial charge on any atom is -0.506 e. The average Bonchev–Trinajstić information content (AvgIpc) is 3.47. The van der Waals surface area contributed by atoms with Crippen molar-refractivity contribution in [3.8, 4) is 5.75 Å². The third kappa shape index (κ3) is 4.99. The zero-order valence-electron chi connectivity index (χ0n) is 24.5. The number of hydrogen-bond acceptors (Lipinski definition) is 8. The summed E-state index contributed by atoms with van der Waals surface area (Å²) < 4.78 is 42.0. The highest BCUT2D eigenvalue weighted by Crippen LogP contribution is 2.41. The number of imide groups is 1. The zero-order valence-corrected chi connectivity index (χ0v) is 25.3. The van der Waals surface area contributed by atoms with Gasteiger partial charge in [-0.15, -0.1) is 0 Å². The van der Waals surface area contributed by atoms with Gasteiger partial charge in [-0.25, -0.2) is 13.4 Å². The second-order valence-corrected chi connectivity index (χ2v) is 13.1. The van der Waals surface area contributed by atoms with Crippen molar-refractivity contribution in [2.75, 3.05) is 22.3 Å². The molecular weight excluding hydrogens is 633 g/mol. The Morgan fingerprint density at radius 1 is 1.02 bits per heavy atom. The van der Waals surface area contributed by atoms with Crippen LogP contribution in [-0.2, 0) is 31.0 Å². The van der Waals surface area contributed by atoms with E-state index in [1.165, 1.54) is 23.1 Å². The lowest BCUT2D eigenvalue weighted by atomic mass is 9.97. The number of carbonyl (C=O) groups is 5. The molecule has 0 spiro atoms. The quantitative estimate of drug-likeness (QED) is 0.172. The molecule has 0 radical (unpaired) electrons. The van der Waals surface area contributed by atoms with Gasteiger partial charge >= 0.3 is 10.2 Å². The maximum atomic E-state index is 15.4. The monoisotopic (exact) mass is 659 g/mol. The molecule has 240 valence electrons. The highest BCUT2D eigenvalue weighted by atomic mass is 32.2. The molecule has 4 aromatic carbocycles. The Labute approximate surface area is 266 Å². The van der Waals surface area contributed by atoms with E-state index in [4.69, 9.17) is 0 Å². The first-order chi connectivity index (χ1) is 22.4. The van der Waals surface area contributed by atoms with Crippen LogP contribution in [0.2, 0.25) is 0 Å². The summed E-state index contributed by atoms with van der Waals surface area (Å²) in [6.07, 6.45) is 1.49. The van der Waals surface area contributed by atoms with Gasteiger partial charge in [-0.3, -0.25) is 34.2 Å². The number of hydrogen-bond donors (Lipinski definition) is 4. The molecule has 0 aliphatic carbocycles. The van der Waals surface area contributed by atoms with Crippen LogP contribution in [0.5, 0.6) is 5.75 Å². The predicted octanol–water partition coefficient (Wildman–Crippen LogP) is 2.15. The topological polar surface area (TPSA) is 182 Å². The van der Waals surface area contributed by atoms with Gasteiger partial charge in [0.1, 0.15) is 24.0 Å². The van der Waals surface area contributed by atoms with Crippen molar-refractivity contribution in [2.45, 2.75) is 31.7 Å². The van der Waals surface area contributed by atoms with Crippen molar-refractivity contribution in [3.05, 3.63) is 77.1 Å². The number of carbonyl (C=O) groups excluding carboxylic acids is 5. The van der Waals surface area contributed by atoms with Crippen LogP contribution in [0.1, 0.15) is 45.5 Å². The summed E-state index contributed by atoms with van der Waals surface area (Å²) in [4.78, 5) is 63.6. The van der Waals surface area contributed by atoms with Crippen LogP contribution in [0.4, 0.5) is 15.8 Å². The maximum absolute atomic E-state index is 15.4. The van der Waals surface area contributed by atoms with Crippen molar-refractivity contribution >= 4 is 72.7 Å². The molecule has 13 nitrogen and oxygen atoms in total. The van der Waals surface area contributed by atoms with Gasteiger partial charge in [0.25, 0.3) is 17.7 Å². The van der Waals surface area contributed by atoms with Gasteiger partial charge in [0.2, 0.25) is 11.8 Å². The van der Waals surface area contributed by atoms with Crippen molar-refractivity contribution in [2.24, 2.45) is 0 Å². The third-order valence-corrected chi connectivity index (χ3v) is 9.99.